The Kier molecular flexibility index (Phi) is 2.61. The van der Waals surface area contributed by atoms with E-state index in [2.05, 4.69) is 11.1 Å². The summed E-state index contributed by atoms with van der Waals surface area (Å²) in [7, 11) is 0. The second kappa shape index (κ2) is 4.07. The van der Waals surface area contributed by atoms with Gasteiger partial charge in [0.15, 0.2) is 0 Å². The number of hydrogen-bond acceptors (Lipinski definition) is 3. The van der Waals surface area contributed by atoms with Gasteiger partial charge in [-0.25, -0.2) is 0 Å². The molecule has 0 saturated heterocycles. The lowest BCUT2D eigenvalue weighted by atomic mass is 9.93. The van der Waals surface area contributed by atoms with Crippen molar-refractivity contribution in [3.8, 4) is 6.07 Å². The zero-order valence-corrected chi connectivity index (χ0v) is 8.84. The standard InChI is InChI=1S/C12H10N3O/c1-9-7-15(16)8-11(6-13)12(9)10-2-4-14-5-3-10/h2-5,8H,7H2,1H3/q+1. The maximum atomic E-state index is 11.3. The zero-order chi connectivity index (χ0) is 11.5. The fourth-order valence-corrected chi connectivity index (χ4v) is 1.80. The third kappa shape index (κ3) is 1.75. The number of nitroso groups, excluding NO2 is 1. The highest BCUT2D eigenvalue weighted by atomic mass is 16.3. The van der Waals surface area contributed by atoms with Gasteiger partial charge in [0.05, 0.1) is 0 Å². The van der Waals surface area contributed by atoms with Crippen LogP contribution >= 0.6 is 0 Å². The van der Waals surface area contributed by atoms with Gasteiger partial charge in [-0.05, 0) is 24.6 Å². The maximum Gasteiger partial charge on any atom is 0.239 e. The molecule has 2 rings (SSSR count). The average molecular weight is 212 g/mol. The molecule has 78 valence electrons. The van der Waals surface area contributed by atoms with Gasteiger partial charge in [0.2, 0.25) is 12.7 Å². The molecule has 0 aliphatic carbocycles. The van der Waals surface area contributed by atoms with Crippen molar-refractivity contribution in [2.45, 2.75) is 6.92 Å². The zero-order valence-electron chi connectivity index (χ0n) is 8.84. The monoisotopic (exact) mass is 212 g/mol. The lowest BCUT2D eigenvalue weighted by molar-refractivity contribution is -0.471. The Bertz CT molecular complexity index is 535. The number of hydrogen-bond donors (Lipinski definition) is 0. The van der Waals surface area contributed by atoms with Crippen molar-refractivity contribution in [1.29, 1.82) is 5.26 Å². The number of pyridine rings is 1. The highest BCUT2D eigenvalue weighted by Crippen LogP contribution is 2.28. The molecule has 2 heterocycles. The number of nitrogens with zero attached hydrogens (tertiary/aromatic N) is 3. The third-order valence-corrected chi connectivity index (χ3v) is 2.45. The first-order valence-corrected chi connectivity index (χ1v) is 4.88. The van der Waals surface area contributed by atoms with Gasteiger partial charge in [0.1, 0.15) is 11.6 Å². The Labute approximate surface area is 93.1 Å². The lowest BCUT2D eigenvalue weighted by Gasteiger charge is -2.10. The highest BCUT2D eigenvalue weighted by molar-refractivity contribution is 5.84. The molecule has 0 atom stereocenters. The van der Waals surface area contributed by atoms with E-state index in [1.54, 1.807) is 12.4 Å². The number of allylic oxidation sites excluding steroid dienone is 2. The van der Waals surface area contributed by atoms with Crippen LogP contribution in [0, 0.1) is 16.2 Å². The first-order valence-electron chi connectivity index (χ1n) is 4.88. The van der Waals surface area contributed by atoms with Crippen LogP contribution in [0.2, 0.25) is 0 Å². The summed E-state index contributed by atoms with van der Waals surface area (Å²) in [5.74, 6) is 0. The first kappa shape index (κ1) is 10.2. The van der Waals surface area contributed by atoms with Crippen molar-refractivity contribution in [1.82, 2.24) is 4.98 Å². The lowest BCUT2D eigenvalue weighted by Crippen LogP contribution is -2.12. The van der Waals surface area contributed by atoms with Crippen LogP contribution in [-0.2, 0) is 0 Å². The summed E-state index contributed by atoms with van der Waals surface area (Å²) in [5.41, 5.74) is 3.08. The number of aromatic nitrogens is 1. The molecule has 0 spiro atoms. The molecular weight excluding hydrogens is 202 g/mol. The Morgan fingerprint density at radius 2 is 2.12 bits per heavy atom. The fraction of sp³-hybridized carbons (Fsp3) is 0.167. The molecule has 0 aromatic carbocycles. The van der Waals surface area contributed by atoms with Crippen LogP contribution in [0.15, 0.2) is 41.9 Å². The Morgan fingerprint density at radius 1 is 1.44 bits per heavy atom. The van der Waals surface area contributed by atoms with E-state index in [1.807, 2.05) is 19.1 Å². The van der Waals surface area contributed by atoms with Crippen molar-refractivity contribution in [2.24, 2.45) is 0 Å². The van der Waals surface area contributed by atoms with Crippen molar-refractivity contribution >= 4 is 5.57 Å². The van der Waals surface area contributed by atoms with Crippen LogP contribution in [0.5, 0.6) is 0 Å². The molecule has 0 saturated carbocycles. The van der Waals surface area contributed by atoms with Crippen LogP contribution in [0.4, 0.5) is 0 Å². The van der Waals surface area contributed by atoms with E-state index in [4.69, 9.17) is 5.26 Å². The number of nitriles is 1. The highest BCUT2D eigenvalue weighted by Gasteiger charge is 2.24. The molecule has 16 heavy (non-hydrogen) atoms. The predicted octanol–water partition coefficient (Wildman–Crippen LogP) is 2.06. The molecule has 1 aromatic heterocycles. The summed E-state index contributed by atoms with van der Waals surface area (Å²) < 4.78 is 0.776. The van der Waals surface area contributed by atoms with Crippen LogP contribution in [0.25, 0.3) is 5.57 Å². The molecule has 1 aromatic rings. The molecular formula is C12H10N3O+. The van der Waals surface area contributed by atoms with Crippen molar-refractivity contribution < 1.29 is 4.76 Å². The van der Waals surface area contributed by atoms with E-state index in [1.165, 1.54) is 6.20 Å². The third-order valence-electron chi connectivity index (χ3n) is 2.45. The summed E-state index contributed by atoms with van der Waals surface area (Å²) in [6.07, 6.45) is 4.69. The largest absolute Gasteiger partial charge is 0.265 e. The normalized spacial score (nSPS) is 15.8. The van der Waals surface area contributed by atoms with E-state index in [-0.39, 0.29) is 0 Å². The quantitative estimate of drug-likeness (QED) is 0.669. The van der Waals surface area contributed by atoms with Gasteiger partial charge in [0.25, 0.3) is 0 Å². The minimum atomic E-state index is 0.308. The molecule has 0 bridgehead atoms. The Balaban J connectivity index is 2.56. The molecule has 0 fully saturated rings. The summed E-state index contributed by atoms with van der Waals surface area (Å²) in [6, 6.07) is 5.73. The topological polar surface area (TPSA) is 56.8 Å². The Morgan fingerprint density at radius 3 is 2.75 bits per heavy atom. The van der Waals surface area contributed by atoms with Crippen molar-refractivity contribution in [2.75, 3.05) is 6.54 Å². The van der Waals surface area contributed by atoms with Gasteiger partial charge in [-0.3, -0.25) is 4.98 Å². The summed E-state index contributed by atoms with van der Waals surface area (Å²) in [6.45, 7) is 2.17. The minimum Gasteiger partial charge on any atom is -0.265 e. The second-order valence-electron chi connectivity index (χ2n) is 3.62. The molecule has 0 radical (unpaired) electrons. The van der Waals surface area contributed by atoms with Crippen LogP contribution in [-0.4, -0.2) is 16.3 Å². The van der Waals surface area contributed by atoms with E-state index in [9.17, 15) is 4.91 Å². The SMILES string of the molecule is CC1=C(c2ccncc2)C(C#N)=C[N+](=O)C1. The molecule has 0 amide bonds. The number of rotatable bonds is 1. The van der Waals surface area contributed by atoms with Gasteiger partial charge in [-0.1, -0.05) is 0 Å². The maximum absolute atomic E-state index is 11.3. The van der Waals surface area contributed by atoms with E-state index >= 15 is 0 Å². The second-order valence-corrected chi connectivity index (χ2v) is 3.62. The van der Waals surface area contributed by atoms with Crippen LogP contribution in [0.3, 0.4) is 0 Å². The van der Waals surface area contributed by atoms with Gasteiger partial charge in [-0.15, -0.1) is 0 Å². The van der Waals surface area contributed by atoms with Gasteiger partial charge < -0.3 is 0 Å². The first-order chi connectivity index (χ1) is 7.72. The van der Waals surface area contributed by atoms with Crippen LogP contribution < -0.4 is 0 Å². The smallest absolute Gasteiger partial charge is 0.239 e. The van der Waals surface area contributed by atoms with Crippen molar-refractivity contribution in [3.63, 3.8) is 0 Å². The van der Waals surface area contributed by atoms with E-state index < -0.39 is 0 Å². The summed E-state index contributed by atoms with van der Waals surface area (Å²) >= 11 is 0. The molecule has 1 aliphatic heterocycles. The molecule has 0 unspecified atom stereocenters. The van der Waals surface area contributed by atoms with E-state index in [0.717, 1.165) is 21.5 Å². The van der Waals surface area contributed by atoms with Gasteiger partial charge in [-0.2, -0.15) is 5.26 Å². The van der Waals surface area contributed by atoms with Crippen molar-refractivity contribution in [3.05, 3.63) is 52.3 Å². The average Bonchev–Trinajstić information content (AvgIpc) is 2.29. The molecule has 0 N–H and O–H groups in total. The van der Waals surface area contributed by atoms with Crippen LogP contribution in [0.1, 0.15) is 12.5 Å². The molecule has 4 nitrogen and oxygen atoms in total. The Hall–Kier alpha value is -2.28. The molecule has 1 aliphatic rings. The minimum absolute atomic E-state index is 0.308. The summed E-state index contributed by atoms with van der Waals surface area (Å²) in [4.78, 5) is 15.2. The predicted molar refractivity (Wildman–Crippen MR) is 59.0 cm³/mol. The summed E-state index contributed by atoms with van der Waals surface area (Å²) in [5, 5.41) is 9.02. The van der Waals surface area contributed by atoms with E-state index in [0.29, 0.717) is 12.1 Å². The molecule has 4 heteroatoms. The fourth-order valence-electron chi connectivity index (χ4n) is 1.80. The van der Waals surface area contributed by atoms with Gasteiger partial charge >= 0.3 is 0 Å². The van der Waals surface area contributed by atoms with Gasteiger partial charge in [0, 0.05) is 33.2 Å².